The maximum atomic E-state index is 11.6. The summed E-state index contributed by atoms with van der Waals surface area (Å²) >= 11 is 0. The first-order valence-corrected chi connectivity index (χ1v) is 5.93. The number of rotatable bonds is 5. The summed E-state index contributed by atoms with van der Waals surface area (Å²) in [6.45, 7) is 4.05. The van der Waals surface area contributed by atoms with Crippen molar-refractivity contribution in [2.75, 3.05) is 0 Å². The molecule has 1 atom stereocenters. The standard InChI is InChI=1S/C14H18O3/c1-3-7-11(2)10-13(15)17-14(16)12-8-5-4-6-9-12/h4-6,8-9,11H,3,7,10H2,1-2H3. The summed E-state index contributed by atoms with van der Waals surface area (Å²) in [6.07, 6.45) is 2.29. The molecule has 0 heterocycles. The molecule has 0 aromatic heterocycles. The predicted octanol–water partition coefficient (Wildman–Crippen LogP) is 3.20. The quantitative estimate of drug-likeness (QED) is 0.580. The lowest BCUT2D eigenvalue weighted by Gasteiger charge is -2.08. The fourth-order valence-electron chi connectivity index (χ4n) is 1.66. The monoisotopic (exact) mass is 234 g/mol. The highest BCUT2D eigenvalue weighted by molar-refractivity contribution is 5.96. The Balaban J connectivity index is 2.44. The Labute approximate surface area is 102 Å². The Morgan fingerprint density at radius 2 is 1.88 bits per heavy atom. The lowest BCUT2D eigenvalue weighted by atomic mass is 10.0. The molecule has 0 aliphatic rings. The van der Waals surface area contributed by atoms with Crippen LogP contribution in [0.25, 0.3) is 0 Å². The number of esters is 2. The Morgan fingerprint density at radius 1 is 1.24 bits per heavy atom. The predicted molar refractivity (Wildman–Crippen MR) is 65.6 cm³/mol. The van der Waals surface area contributed by atoms with E-state index in [1.54, 1.807) is 24.3 Å². The summed E-state index contributed by atoms with van der Waals surface area (Å²) in [4.78, 5) is 23.0. The van der Waals surface area contributed by atoms with Gasteiger partial charge in [-0.2, -0.15) is 0 Å². The van der Waals surface area contributed by atoms with Crippen LogP contribution in [0.4, 0.5) is 0 Å². The topological polar surface area (TPSA) is 43.4 Å². The highest BCUT2D eigenvalue weighted by Gasteiger charge is 2.15. The Hall–Kier alpha value is -1.64. The third-order valence-corrected chi connectivity index (χ3v) is 2.51. The van der Waals surface area contributed by atoms with E-state index >= 15 is 0 Å². The number of hydrogen-bond donors (Lipinski definition) is 0. The molecule has 92 valence electrons. The van der Waals surface area contributed by atoms with E-state index in [1.807, 2.05) is 13.0 Å². The van der Waals surface area contributed by atoms with Gasteiger partial charge in [-0.05, 0) is 18.1 Å². The van der Waals surface area contributed by atoms with Gasteiger partial charge in [-0.3, -0.25) is 4.79 Å². The first-order chi connectivity index (χ1) is 8.13. The van der Waals surface area contributed by atoms with Gasteiger partial charge in [-0.15, -0.1) is 0 Å². The van der Waals surface area contributed by atoms with E-state index in [9.17, 15) is 9.59 Å². The normalized spacial score (nSPS) is 11.9. The van der Waals surface area contributed by atoms with Crippen LogP contribution in [0.2, 0.25) is 0 Å². The van der Waals surface area contributed by atoms with Crippen LogP contribution < -0.4 is 0 Å². The highest BCUT2D eigenvalue weighted by atomic mass is 16.6. The van der Waals surface area contributed by atoms with Crippen LogP contribution >= 0.6 is 0 Å². The van der Waals surface area contributed by atoms with Crippen LogP contribution in [-0.2, 0) is 9.53 Å². The molecule has 3 nitrogen and oxygen atoms in total. The van der Waals surface area contributed by atoms with Crippen LogP contribution in [0.1, 0.15) is 43.5 Å². The van der Waals surface area contributed by atoms with Crippen molar-refractivity contribution >= 4 is 11.9 Å². The number of benzene rings is 1. The molecule has 1 aromatic carbocycles. The van der Waals surface area contributed by atoms with Crippen molar-refractivity contribution in [2.24, 2.45) is 5.92 Å². The fraction of sp³-hybridized carbons (Fsp3) is 0.429. The van der Waals surface area contributed by atoms with Gasteiger partial charge in [0.1, 0.15) is 0 Å². The van der Waals surface area contributed by atoms with Gasteiger partial charge in [0, 0.05) is 6.42 Å². The number of ether oxygens (including phenoxy) is 1. The number of carbonyl (C=O) groups is 2. The first-order valence-electron chi connectivity index (χ1n) is 5.93. The summed E-state index contributed by atoms with van der Waals surface area (Å²) in [5.41, 5.74) is 0.406. The molecule has 0 radical (unpaired) electrons. The van der Waals surface area contributed by atoms with Gasteiger partial charge in [0.25, 0.3) is 0 Å². The maximum Gasteiger partial charge on any atom is 0.345 e. The molecule has 0 saturated carbocycles. The van der Waals surface area contributed by atoms with Gasteiger partial charge in [0.15, 0.2) is 0 Å². The molecule has 0 aliphatic heterocycles. The molecular formula is C14H18O3. The minimum Gasteiger partial charge on any atom is -0.389 e. The van der Waals surface area contributed by atoms with Crippen LogP contribution in [0.5, 0.6) is 0 Å². The second-order valence-corrected chi connectivity index (χ2v) is 4.23. The molecule has 1 unspecified atom stereocenters. The molecule has 1 rings (SSSR count). The summed E-state index contributed by atoms with van der Waals surface area (Å²) in [7, 11) is 0. The molecule has 0 fully saturated rings. The van der Waals surface area contributed by atoms with Crippen LogP contribution in [0, 0.1) is 5.92 Å². The van der Waals surface area contributed by atoms with Crippen molar-refractivity contribution in [1.82, 2.24) is 0 Å². The Kier molecular flexibility index (Phi) is 5.40. The summed E-state index contributed by atoms with van der Waals surface area (Å²) < 4.78 is 4.78. The third kappa shape index (κ3) is 4.81. The summed E-state index contributed by atoms with van der Waals surface area (Å²) in [6, 6.07) is 8.54. The van der Waals surface area contributed by atoms with E-state index in [0.29, 0.717) is 12.0 Å². The Morgan fingerprint density at radius 3 is 2.47 bits per heavy atom. The molecule has 17 heavy (non-hydrogen) atoms. The molecule has 3 heteroatoms. The molecule has 0 bridgehead atoms. The van der Waals surface area contributed by atoms with E-state index in [2.05, 4.69) is 6.92 Å². The molecule has 0 spiro atoms. The van der Waals surface area contributed by atoms with E-state index in [4.69, 9.17) is 4.74 Å². The zero-order valence-corrected chi connectivity index (χ0v) is 10.3. The van der Waals surface area contributed by atoms with Crippen molar-refractivity contribution in [1.29, 1.82) is 0 Å². The summed E-state index contributed by atoms with van der Waals surface area (Å²) in [5, 5.41) is 0. The van der Waals surface area contributed by atoms with Crippen LogP contribution in [0.15, 0.2) is 30.3 Å². The largest absolute Gasteiger partial charge is 0.389 e. The van der Waals surface area contributed by atoms with Gasteiger partial charge in [0.2, 0.25) is 0 Å². The fourth-order valence-corrected chi connectivity index (χ4v) is 1.66. The van der Waals surface area contributed by atoms with Crippen LogP contribution in [0.3, 0.4) is 0 Å². The minimum atomic E-state index is -0.570. The molecular weight excluding hydrogens is 216 g/mol. The SMILES string of the molecule is CCCC(C)CC(=O)OC(=O)c1ccccc1. The van der Waals surface area contributed by atoms with E-state index in [1.165, 1.54) is 0 Å². The second kappa shape index (κ2) is 6.84. The first kappa shape index (κ1) is 13.4. The van der Waals surface area contributed by atoms with Gasteiger partial charge in [-0.25, -0.2) is 4.79 Å². The average Bonchev–Trinajstić information content (AvgIpc) is 2.30. The Bertz CT molecular complexity index is 370. The van der Waals surface area contributed by atoms with E-state index in [0.717, 1.165) is 12.8 Å². The maximum absolute atomic E-state index is 11.6. The van der Waals surface area contributed by atoms with Crippen LogP contribution in [-0.4, -0.2) is 11.9 Å². The lowest BCUT2D eigenvalue weighted by Crippen LogP contribution is -2.15. The molecule has 0 amide bonds. The number of carbonyl (C=O) groups excluding carboxylic acids is 2. The average molecular weight is 234 g/mol. The van der Waals surface area contributed by atoms with Crippen molar-refractivity contribution in [2.45, 2.75) is 33.1 Å². The van der Waals surface area contributed by atoms with Crippen molar-refractivity contribution in [3.05, 3.63) is 35.9 Å². The van der Waals surface area contributed by atoms with Gasteiger partial charge in [-0.1, -0.05) is 44.9 Å². The third-order valence-electron chi connectivity index (χ3n) is 2.51. The lowest BCUT2D eigenvalue weighted by molar-refractivity contribution is -0.138. The highest BCUT2D eigenvalue weighted by Crippen LogP contribution is 2.11. The molecule has 1 aromatic rings. The number of hydrogen-bond acceptors (Lipinski definition) is 3. The molecule has 0 N–H and O–H groups in total. The smallest absolute Gasteiger partial charge is 0.345 e. The summed E-state index contributed by atoms with van der Waals surface area (Å²) in [5.74, 6) is -0.754. The van der Waals surface area contributed by atoms with Crippen molar-refractivity contribution < 1.29 is 14.3 Å². The van der Waals surface area contributed by atoms with Crippen molar-refractivity contribution in [3.63, 3.8) is 0 Å². The molecule has 0 aliphatic carbocycles. The van der Waals surface area contributed by atoms with Gasteiger partial charge in [0.05, 0.1) is 5.56 Å². The zero-order valence-electron chi connectivity index (χ0n) is 10.3. The van der Waals surface area contributed by atoms with Gasteiger partial charge >= 0.3 is 11.9 Å². The minimum absolute atomic E-state index is 0.260. The van der Waals surface area contributed by atoms with Gasteiger partial charge < -0.3 is 4.74 Å². The second-order valence-electron chi connectivity index (χ2n) is 4.23. The zero-order chi connectivity index (χ0) is 12.7. The van der Waals surface area contributed by atoms with Crippen molar-refractivity contribution in [3.8, 4) is 0 Å². The molecule has 0 saturated heterocycles. The van der Waals surface area contributed by atoms with E-state index < -0.39 is 11.9 Å². The van der Waals surface area contributed by atoms with E-state index in [-0.39, 0.29) is 5.92 Å².